The van der Waals surface area contributed by atoms with E-state index in [-0.39, 0.29) is 23.5 Å². The van der Waals surface area contributed by atoms with Crippen molar-refractivity contribution in [2.45, 2.75) is 52.9 Å². The summed E-state index contributed by atoms with van der Waals surface area (Å²) in [7, 11) is 0. The van der Waals surface area contributed by atoms with Crippen molar-refractivity contribution in [3.63, 3.8) is 0 Å². The highest BCUT2D eigenvalue weighted by atomic mass is 19.1. The van der Waals surface area contributed by atoms with Crippen molar-refractivity contribution in [1.82, 2.24) is 9.97 Å². The van der Waals surface area contributed by atoms with Crippen LogP contribution >= 0.6 is 0 Å². The van der Waals surface area contributed by atoms with Crippen LogP contribution in [0.1, 0.15) is 57.6 Å². The maximum absolute atomic E-state index is 14.9. The zero-order valence-corrected chi connectivity index (χ0v) is 19.5. The maximum Gasteiger partial charge on any atom is 0.198 e. The number of carbonyl (C=O) groups is 1. The van der Waals surface area contributed by atoms with E-state index in [0.29, 0.717) is 47.9 Å². The Morgan fingerprint density at radius 1 is 1.21 bits per heavy atom. The Labute approximate surface area is 192 Å². The first-order valence-electron chi connectivity index (χ1n) is 11.4. The fourth-order valence-electron chi connectivity index (χ4n) is 4.35. The normalized spacial score (nSPS) is 15.3. The number of pyridine rings is 1. The van der Waals surface area contributed by atoms with Gasteiger partial charge in [-0.15, -0.1) is 0 Å². The topological polar surface area (TPSA) is 64.2 Å². The van der Waals surface area contributed by atoms with E-state index in [1.807, 2.05) is 20.0 Å². The molecule has 0 radical (unpaired) electrons. The zero-order chi connectivity index (χ0) is 23.8. The molecule has 2 aromatic heterocycles. The van der Waals surface area contributed by atoms with Gasteiger partial charge >= 0.3 is 0 Å². The lowest BCUT2D eigenvalue weighted by Gasteiger charge is -2.45. The Kier molecular flexibility index (Phi) is 6.52. The Bertz CT molecular complexity index is 1140. The van der Waals surface area contributed by atoms with E-state index in [1.165, 1.54) is 18.3 Å². The van der Waals surface area contributed by atoms with Crippen LogP contribution in [0.15, 0.2) is 30.6 Å². The molecule has 0 saturated carbocycles. The van der Waals surface area contributed by atoms with Gasteiger partial charge in [-0.3, -0.25) is 4.79 Å². The Hall–Kier alpha value is -2.80. The van der Waals surface area contributed by atoms with Crippen molar-refractivity contribution >= 4 is 16.8 Å². The van der Waals surface area contributed by atoms with Gasteiger partial charge in [0.15, 0.2) is 17.4 Å². The average Bonchev–Trinajstić information content (AvgIpc) is 3.15. The number of hydrogen-bond donors (Lipinski definition) is 1. The summed E-state index contributed by atoms with van der Waals surface area (Å²) in [6.07, 6.45) is 4.43. The number of Topliss-reactive ketones (excluding diaryl/α,β-unsaturated/α-hetero) is 1. The quantitative estimate of drug-likeness (QED) is 0.409. The van der Waals surface area contributed by atoms with Crippen LogP contribution in [0.3, 0.4) is 0 Å². The van der Waals surface area contributed by atoms with E-state index in [4.69, 9.17) is 9.47 Å². The number of fused-ring (bicyclic) bond motifs is 1. The average molecular weight is 457 g/mol. The van der Waals surface area contributed by atoms with Gasteiger partial charge in [0, 0.05) is 30.7 Å². The number of aromatic nitrogens is 2. The van der Waals surface area contributed by atoms with Crippen LogP contribution in [0, 0.1) is 23.0 Å². The molecule has 0 atom stereocenters. The molecule has 1 aliphatic heterocycles. The Morgan fingerprint density at radius 2 is 1.91 bits per heavy atom. The molecule has 176 valence electrons. The summed E-state index contributed by atoms with van der Waals surface area (Å²) in [6, 6.07) is 3.95. The molecule has 4 rings (SSSR count). The van der Waals surface area contributed by atoms with Gasteiger partial charge in [-0.05, 0) is 47.6 Å². The minimum atomic E-state index is -0.838. The molecule has 1 N–H and O–H groups in total. The molecule has 7 heteroatoms. The van der Waals surface area contributed by atoms with Crippen molar-refractivity contribution in [2.24, 2.45) is 11.3 Å². The standard InChI is InChI=1S/C26H30F2N2O3/c1-15(2)19-12-30-25-23(19)22(6-8-29-25)33-24-20(27)10-17(11-21(24)28)9-18(31)5-7-26(16(3)4)13-32-14-26/h6,8,10-12,15-16H,5,7,9,13-14H2,1-4H3,(H,29,30). The minimum Gasteiger partial charge on any atom is -0.450 e. The number of nitrogens with one attached hydrogen (secondary N) is 1. The highest BCUT2D eigenvalue weighted by Crippen LogP contribution is 2.40. The summed E-state index contributed by atoms with van der Waals surface area (Å²) in [5.74, 6) is -1.28. The second kappa shape index (κ2) is 9.21. The van der Waals surface area contributed by atoms with Crippen LogP contribution in [0.25, 0.3) is 11.0 Å². The number of halogens is 2. The van der Waals surface area contributed by atoms with Crippen LogP contribution in [-0.4, -0.2) is 29.0 Å². The van der Waals surface area contributed by atoms with Gasteiger partial charge in [0.05, 0.1) is 18.6 Å². The van der Waals surface area contributed by atoms with Gasteiger partial charge in [0.2, 0.25) is 0 Å². The zero-order valence-electron chi connectivity index (χ0n) is 19.5. The van der Waals surface area contributed by atoms with Crippen LogP contribution in [0.2, 0.25) is 0 Å². The summed E-state index contributed by atoms with van der Waals surface area (Å²) in [5, 5.41) is 0.699. The van der Waals surface area contributed by atoms with Gasteiger partial charge in [0.1, 0.15) is 17.2 Å². The first-order chi connectivity index (χ1) is 15.7. The number of ether oxygens (including phenoxy) is 2. The first-order valence-corrected chi connectivity index (χ1v) is 11.4. The van der Waals surface area contributed by atoms with Gasteiger partial charge in [-0.2, -0.15) is 0 Å². The number of hydrogen-bond acceptors (Lipinski definition) is 4. The summed E-state index contributed by atoms with van der Waals surface area (Å²) in [5.41, 5.74) is 1.88. The number of aromatic amines is 1. The fourth-order valence-corrected chi connectivity index (χ4v) is 4.35. The maximum atomic E-state index is 14.9. The van der Waals surface area contributed by atoms with Crippen molar-refractivity contribution in [3.8, 4) is 11.5 Å². The minimum absolute atomic E-state index is 0.0159. The van der Waals surface area contributed by atoms with Gasteiger partial charge in [-0.25, -0.2) is 13.8 Å². The lowest BCUT2D eigenvalue weighted by molar-refractivity contribution is -0.147. The highest BCUT2D eigenvalue weighted by Gasteiger charge is 2.41. The molecular weight excluding hydrogens is 426 g/mol. The molecule has 1 saturated heterocycles. The van der Waals surface area contributed by atoms with Crippen molar-refractivity contribution in [2.75, 3.05) is 13.2 Å². The highest BCUT2D eigenvalue weighted by molar-refractivity contribution is 5.87. The molecule has 0 bridgehead atoms. The van der Waals surface area contributed by atoms with E-state index in [1.54, 1.807) is 6.07 Å². The molecular formula is C26H30F2N2O3. The molecule has 33 heavy (non-hydrogen) atoms. The van der Waals surface area contributed by atoms with Gasteiger partial charge in [-0.1, -0.05) is 27.7 Å². The smallest absolute Gasteiger partial charge is 0.198 e. The molecule has 0 aliphatic carbocycles. The third kappa shape index (κ3) is 4.64. The first kappa shape index (κ1) is 23.4. The number of carbonyl (C=O) groups excluding carboxylic acids is 1. The van der Waals surface area contributed by atoms with Crippen LogP contribution in [0.5, 0.6) is 11.5 Å². The van der Waals surface area contributed by atoms with Gasteiger partial charge < -0.3 is 14.5 Å². The number of H-pyrrole nitrogens is 1. The van der Waals surface area contributed by atoms with E-state index in [2.05, 4.69) is 23.8 Å². The SMILES string of the molecule is CC(C)c1c[nH]c2nccc(Oc3c(F)cc(CC(=O)CCC4(C(C)C)COC4)cc3F)c12. The summed E-state index contributed by atoms with van der Waals surface area (Å²) in [6.45, 7) is 9.63. The van der Waals surface area contributed by atoms with Crippen molar-refractivity contribution in [1.29, 1.82) is 0 Å². The molecule has 3 heterocycles. The molecule has 1 fully saturated rings. The summed E-state index contributed by atoms with van der Waals surface area (Å²) >= 11 is 0. The third-order valence-corrected chi connectivity index (χ3v) is 6.76. The lowest BCUT2D eigenvalue weighted by Crippen LogP contribution is -2.46. The lowest BCUT2D eigenvalue weighted by atomic mass is 9.71. The summed E-state index contributed by atoms with van der Waals surface area (Å²) < 4.78 is 40.8. The molecule has 1 aromatic carbocycles. The second-order valence-corrected chi connectivity index (χ2v) is 9.65. The largest absolute Gasteiger partial charge is 0.450 e. The van der Waals surface area contributed by atoms with Crippen LogP contribution in [0.4, 0.5) is 8.78 Å². The predicted molar refractivity (Wildman–Crippen MR) is 123 cm³/mol. The Balaban J connectivity index is 1.50. The van der Waals surface area contributed by atoms with E-state index < -0.39 is 17.4 Å². The monoisotopic (exact) mass is 456 g/mol. The fraction of sp³-hybridized carbons (Fsp3) is 0.462. The van der Waals surface area contributed by atoms with Crippen LogP contribution in [-0.2, 0) is 16.0 Å². The number of nitrogens with zero attached hydrogens (tertiary/aromatic N) is 1. The number of benzene rings is 1. The Morgan fingerprint density at radius 3 is 2.48 bits per heavy atom. The second-order valence-electron chi connectivity index (χ2n) is 9.65. The molecule has 0 unspecified atom stereocenters. The predicted octanol–water partition coefficient (Wildman–Crippen LogP) is 6.32. The molecule has 3 aromatic rings. The third-order valence-electron chi connectivity index (χ3n) is 6.76. The number of rotatable bonds is 9. The number of ketones is 1. The van der Waals surface area contributed by atoms with E-state index in [9.17, 15) is 13.6 Å². The molecule has 0 spiro atoms. The molecule has 1 aliphatic rings. The van der Waals surface area contributed by atoms with Crippen molar-refractivity contribution < 1.29 is 23.0 Å². The van der Waals surface area contributed by atoms with E-state index in [0.717, 1.165) is 12.0 Å². The van der Waals surface area contributed by atoms with Gasteiger partial charge in [0.25, 0.3) is 0 Å². The molecule has 5 nitrogen and oxygen atoms in total. The molecule has 0 amide bonds. The van der Waals surface area contributed by atoms with Crippen LogP contribution < -0.4 is 4.74 Å². The van der Waals surface area contributed by atoms with Crippen molar-refractivity contribution in [3.05, 3.63) is 53.4 Å². The van der Waals surface area contributed by atoms with E-state index >= 15 is 0 Å². The summed E-state index contributed by atoms with van der Waals surface area (Å²) in [4.78, 5) is 19.8.